The lowest BCUT2D eigenvalue weighted by Gasteiger charge is -2.27. The summed E-state index contributed by atoms with van der Waals surface area (Å²) in [5, 5.41) is 12.8. The van der Waals surface area contributed by atoms with Crippen LogP contribution in [0.2, 0.25) is 0 Å². The number of anilines is 2. The molecule has 2 unspecified atom stereocenters. The molecule has 0 bridgehead atoms. The van der Waals surface area contributed by atoms with Crippen LogP contribution in [-0.2, 0) is 0 Å². The van der Waals surface area contributed by atoms with E-state index in [0.717, 1.165) is 18.8 Å². The molecular formula is C12H21N5O. The second kappa shape index (κ2) is 5.49. The van der Waals surface area contributed by atoms with E-state index in [-0.39, 0.29) is 6.10 Å². The molecule has 18 heavy (non-hydrogen) atoms. The number of aromatic nitrogens is 2. The standard InChI is InChI=1S/C12H21N5O/c1-13-12-14-5-4-11(15-12)17-8-10(18)6-9(17)7-16(2)3/h4-5,9-10,18H,6-8H2,1-3H3,(H,13,14,15). The Morgan fingerprint density at radius 3 is 3.00 bits per heavy atom. The second-order valence-corrected chi connectivity index (χ2v) is 4.95. The highest BCUT2D eigenvalue weighted by Gasteiger charge is 2.32. The van der Waals surface area contributed by atoms with Crippen molar-refractivity contribution in [2.45, 2.75) is 18.6 Å². The maximum Gasteiger partial charge on any atom is 0.224 e. The molecule has 1 aliphatic rings. The van der Waals surface area contributed by atoms with Crippen LogP contribution in [0.4, 0.5) is 11.8 Å². The van der Waals surface area contributed by atoms with E-state index in [4.69, 9.17) is 0 Å². The van der Waals surface area contributed by atoms with Crippen molar-refractivity contribution in [3.8, 4) is 0 Å². The first-order valence-corrected chi connectivity index (χ1v) is 6.20. The molecule has 0 amide bonds. The van der Waals surface area contributed by atoms with Gasteiger partial charge in [-0.1, -0.05) is 0 Å². The van der Waals surface area contributed by atoms with Gasteiger partial charge in [0.1, 0.15) is 5.82 Å². The van der Waals surface area contributed by atoms with Crippen LogP contribution >= 0.6 is 0 Å². The van der Waals surface area contributed by atoms with E-state index in [0.29, 0.717) is 18.5 Å². The second-order valence-electron chi connectivity index (χ2n) is 4.95. The van der Waals surface area contributed by atoms with Gasteiger partial charge in [-0.3, -0.25) is 0 Å². The van der Waals surface area contributed by atoms with Crippen LogP contribution in [-0.4, -0.2) is 66.4 Å². The van der Waals surface area contributed by atoms with Crippen LogP contribution in [0.3, 0.4) is 0 Å². The smallest absolute Gasteiger partial charge is 0.224 e. The highest BCUT2D eigenvalue weighted by molar-refractivity contribution is 5.45. The average Bonchev–Trinajstić information content (AvgIpc) is 2.69. The van der Waals surface area contributed by atoms with Crippen LogP contribution in [0.1, 0.15) is 6.42 Å². The Hall–Kier alpha value is -1.40. The summed E-state index contributed by atoms with van der Waals surface area (Å²) in [5.41, 5.74) is 0. The third kappa shape index (κ3) is 2.88. The Labute approximate surface area is 108 Å². The van der Waals surface area contributed by atoms with Crippen LogP contribution in [0.25, 0.3) is 0 Å². The zero-order valence-corrected chi connectivity index (χ0v) is 11.2. The fraction of sp³-hybridized carbons (Fsp3) is 0.667. The molecule has 2 atom stereocenters. The average molecular weight is 251 g/mol. The Kier molecular flexibility index (Phi) is 3.98. The van der Waals surface area contributed by atoms with E-state index in [2.05, 4.69) is 25.1 Å². The molecule has 1 fully saturated rings. The molecule has 0 aliphatic carbocycles. The van der Waals surface area contributed by atoms with Gasteiger partial charge in [-0.15, -0.1) is 0 Å². The van der Waals surface area contributed by atoms with Gasteiger partial charge in [-0.05, 0) is 26.6 Å². The van der Waals surface area contributed by atoms with Gasteiger partial charge in [0.15, 0.2) is 0 Å². The quantitative estimate of drug-likeness (QED) is 0.786. The van der Waals surface area contributed by atoms with Crippen molar-refractivity contribution >= 4 is 11.8 Å². The topological polar surface area (TPSA) is 64.5 Å². The molecule has 1 saturated heterocycles. The summed E-state index contributed by atoms with van der Waals surface area (Å²) in [5.74, 6) is 1.48. The number of nitrogens with zero attached hydrogens (tertiary/aromatic N) is 4. The summed E-state index contributed by atoms with van der Waals surface area (Å²) in [4.78, 5) is 12.8. The summed E-state index contributed by atoms with van der Waals surface area (Å²) in [6.07, 6.45) is 2.26. The fourth-order valence-electron chi connectivity index (χ4n) is 2.40. The summed E-state index contributed by atoms with van der Waals surface area (Å²) in [7, 11) is 5.89. The van der Waals surface area contributed by atoms with Crippen LogP contribution in [0, 0.1) is 0 Å². The zero-order chi connectivity index (χ0) is 13.1. The van der Waals surface area contributed by atoms with E-state index in [1.54, 1.807) is 13.2 Å². The lowest BCUT2D eigenvalue weighted by Crippen LogP contribution is -2.38. The minimum absolute atomic E-state index is 0.275. The van der Waals surface area contributed by atoms with Gasteiger partial charge in [0, 0.05) is 32.4 Å². The van der Waals surface area contributed by atoms with Crippen molar-refractivity contribution in [2.75, 3.05) is 44.4 Å². The molecule has 0 radical (unpaired) electrons. The van der Waals surface area contributed by atoms with E-state index in [1.807, 2.05) is 20.2 Å². The normalized spacial score (nSPS) is 23.7. The SMILES string of the molecule is CNc1nccc(N2CC(O)CC2CN(C)C)n1. The van der Waals surface area contributed by atoms with Crippen molar-refractivity contribution < 1.29 is 5.11 Å². The summed E-state index contributed by atoms with van der Waals surface area (Å²) in [6, 6.07) is 2.19. The first-order chi connectivity index (χ1) is 8.60. The number of aliphatic hydroxyl groups excluding tert-OH is 1. The van der Waals surface area contributed by atoms with E-state index in [9.17, 15) is 5.11 Å². The van der Waals surface area contributed by atoms with Crippen molar-refractivity contribution in [2.24, 2.45) is 0 Å². The summed E-state index contributed by atoms with van der Waals surface area (Å²) >= 11 is 0. The summed E-state index contributed by atoms with van der Waals surface area (Å²) < 4.78 is 0. The fourth-order valence-corrected chi connectivity index (χ4v) is 2.40. The van der Waals surface area contributed by atoms with Gasteiger partial charge in [0.05, 0.1) is 6.10 Å². The Morgan fingerprint density at radius 1 is 1.56 bits per heavy atom. The number of nitrogens with one attached hydrogen (secondary N) is 1. The predicted octanol–water partition coefficient (Wildman–Crippen LogP) is 0.0195. The maximum absolute atomic E-state index is 9.85. The molecule has 6 heteroatoms. The maximum atomic E-state index is 9.85. The molecule has 2 rings (SSSR count). The molecular weight excluding hydrogens is 230 g/mol. The number of aliphatic hydroxyl groups is 1. The first-order valence-electron chi connectivity index (χ1n) is 6.20. The van der Waals surface area contributed by atoms with Gasteiger partial charge in [0.25, 0.3) is 0 Å². The number of hydrogen-bond acceptors (Lipinski definition) is 6. The molecule has 0 spiro atoms. The van der Waals surface area contributed by atoms with Crippen molar-refractivity contribution in [1.29, 1.82) is 0 Å². The summed E-state index contributed by atoms with van der Waals surface area (Å²) in [6.45, 7) is 1.55. The number of β-amino-alcohol motifs (C(OH)–C–C–N with tert-alkyl or cyclic N) is 1. The number of hydrogen-bond donors (Lipinski definition) is 2. The van der Waals surface area contributed by atoms with Crippen LogP contribution in [0.5, 0.6) is 0 Å². The van der Waals surface area contributed by atoms with Crippen molar-refractivity contribution in [1.82, 2.24) is 14.9 Å². The Balaban J connectivity index is 2.18. The monoisotopic (exact) mass is 251 g/mol. The lowest BCUT2D eigenvalue weighted by molar-refractivity contribution is 0.191. The van der Waals surface area contributed by atoms with Gasteiger partial charge in [0.2, 0.25) is 5.95 Å². The molecule has 0 aromatic carbocycles. The molecule has 2 N–H and O–H groups in total. The molecule has 1 aromatic rings. The molecule has 6 nitrogen and oxygen atoms in total. The van der Waals surface area contributed by atoms with E-state index >= 15 is 0 Å². The molecule has 0 saturated carbocycles. The van der Waals surface area contributed by atoms with Gasteiger partial charge in [-0.25, -0.2) is 4.98 Å². The van der Waals surface area contributed by atoms with Gasteiger partial charge >= 0.3 is 0 Å². The van der Waals surface area contributed by atoms with Crippen LogP contribution in [0.15, 0.2) is 12.3 Å². The third-order valence-corrected chi connectivity index (χ3v) is 3.13. The number of rotatable bonds is 4. The van der Waals surface area contributed by atoms with Gasteiger partial charge < -0.3 is 20.2 Å². The first kappa shape index (κ1) is 13.0. The zero-order valence-electron chi connectivity index (χ0n) is 11.2. The minimum Gasteiger partial charge on any atom is -0.391 e. The van der Waals surface area contributed by atoms with Gasteiger partial charge in [-0.2, -0.15) is 4.98 Å². The number of likely N-dealkylation sites (N-methyl/N-ethyl adjacent to an activating group) is 1. The van der Waals surface area contributed by atoms with Crippen LogP contribution < -0.4 is 10.2 Å². The lowest BCUT2D eigenvalue weighted by atomic mass is 10.2. The molecule has 1 aliphatic heterocycles. The minimum atomic E-state index is -0.275. The van der Waals surface area contributed by atoms with E-state index < -0.39 is 0 Å². The molecule has 100 valence electrons. The highest BCUT2D eigenvalue weighted by atomic mass is 16.3. The Bertz CT molecular complexity index is 398. The van der Waals surface area contributed by atoms with Crippen molar-refractivity contribution in [3.05, 3.63) is 12.3 Å². The molecule has 1 aromatic heterocycles. The van der Waals surface area contributed by atoms with Crippen molar-refractivity contribution in [3.63, 3.8) is 0 Å². The third-order valence-electron chi connectivity index (χ3n) is 3.13. The predicted molar refractivity (Wildman–Crippen MR) is 71.9 cm³/mol. The largest absolute Gasteiger partial charge is 0.391 e. The Morgan fingerprint density at radius 2 is 2.33 bits per heavy atom. The highest BCUT2D eigenvalue weighted by Crippen LogP contribution is 2.24. The van der Waals surface area contributed by atoms with E-state index in [1.165, 1.54) is 0 Å². The molecule has 2 heterocycles.